The van der Waals surface area contributed by atoms with E-state index in [1.807, 2.05) is 26.8 Å². The Kier molecular flexibility index (Phi) is 7.27. The summed E-state index contributed by atoms with van der Waals surface area (Å²) in [5.41, 5.74) is 4.99. The number of amides is 1. The summed E-state index contributed by atoms with van der Waals surface area (Å²) in [4.78, 5) is 42.5. The molecule has 2 heterocycles. The lowest BCUT2D eigenvalue weighted by Crippen LogP contribution is -2.53. The number of unbranched alkanes of at least 4 members (excludes halogenated alkanes) is 1. The van der Waals surface area contributed by atoms with Crippen LogP contribution in [-0.4, -0.2) is 34.2 Å². The highest BCUT2D eigenvalue weighted by molar-refractivity contribution is 5.99. The van der Waals surface area contributed by atoms with Crippen LogP contribution in [0.1, 0.15) is 47.0 Å². The molecule has 1 aromatic carbocycles. The monoisotopic (exact) mass is 444 g/mol. The maximum atomic E-state index is 13.7. The largest absolute Gasteiger partial charge is 0.482 e. The molecule has 3 rings (SSSR count). The standard InChI is InChI=1S/C23H32N4O5/c1-5-6-12-27-20(24)18(21(28)25-23(27)30)26(13-11-14(2)3)22(29)19-15(4)31-16-9-7-8-10-17(16)32-19/h7-10,14-15,19H,5-6,11-13,24H2,1-4H3,(H,25,28,30). The van der Waals surface area contributed by atoms with Gasteiger partial charge in [-0.15, -0.1) is 0 Å². The van der Waals surface area contributed by atoms with Crippen LogP contribution < -0.4 is 31.4 Å². The van der Waals surface area contributed by atoms with Gasteiger partial charge in [0.05, 0.1) is 0 Å². The van der Waals surface area contributed by atoms with Crippen molar-refractivity contribution in [2.45, 2.75) is 65.7 Å². The van der Waals surface area contributed by atoms with Gasteiger partial charge in [-0.1, -0.05) is 39.3 Å². The van der Waals surface area contributed by atoms with E-state index in [-0.39, 0.29) is 24.0 Å². The van der Waals surface area contributed by atoms with Gasteiger partial charge in [-0.3, -0.25) is 19.1 Å². The van der Waals surface area contributed by atoms with E-state index >= 15 is 0 Å². The van der Waals surface area contributed by atoms with Gasteiger partial charge in [0, 0.05) is 13.1 Å². The summed E-state index contributed by atoms with van der Waals surface area (Å²) in [6, 6.07) is 7.12. The molecular formula is C23H32N4O5. The van der Waals surface area contributed by atoms with Crippen LogP contribution in [0.3, 0.4) is 0 Å². The molecule has 174 valence electrons. The van der Waals surface area contributed by atoms with Gasteiger partial charge in [-0.25, -0.2) is 4.79 Å². The number of aromatic amines is 1. The second kappa shape index (κ2) is 9.93. The van der Waals surface area contributed by atoms with E-state index in [1.165, 1.54) is 9.47 Å². The number of fused-ring (bicyclic) bond motifs is 1. The second-order valence-electron chi connectivity index (χ2n) is 8.48. The Labute approximate surface area is 187 Å². The van der Waals surface area contributed by atoms with Crippen molar-refractivity contribution in [1.82, 2.24) is 9.55 Å². The van der Waals surface area contributed by atoms with Crippen molar-refractivity contribution >= 4 is 17.4 Å². The Balaban J connectivity index is 2.03. The number of hydrogen-bond acceptors (Lipinski definition) is 6. The van der Waals surface area contributed by atoms with Crippen molar-refractivity contribution in [2.75, 3.05) is 17.2 Å². The van der Waals surface area contributed by atoms with Gasteiger partial charge in [0.25, 0.3) is 11.5 Å². The highest BCUT2D eigenvalue weighted by Crippen LogP contribution is 2.34. The van der Waals surface area contributed by atoms with Crippen LogP contribution in [0.25, 0.3) is 0 Å². The quantitative estimate of drug-likeness (QED) is 0.646. The van der Waals surface area contributed by atoms with Gasteiger partial charge in [0.2, 0.25) is 6.10 Å². The molecule has 0 fully saturated rings. The van der Waals surface area contributed by atoms with Gasteiger partial charge in [0.15, 0.2) is 17.2 Å². The third-order valence-corrected chi connectivity index (χ3v) is 5.50. The Morgan fingerprint density at radius 1 is 1.22 bits per heavy atom. The molecule has 2 aromatic rings. The second-order valence-corrected chi connectivity index (χ2v) is 8.48. The smallest absolute Gasteiger partial charge is 0.330 e. The highest BCUT2D eigenvalue weighted by atomic mass is 16.6. The number of nitrogen functional groups attached to an aromatic ring is 1. The molecule has 1 amide bonds. The zero-order valence-corrected chi connectivity index (χ0v) is 19.1. The molecule has 0 saturated heterocycles. The zero-order chi connectivity index (χ0) is 23.4. The minimum Gasteiger partial charge on any atom is -0.482 e. The number of rotatable bonds is 8. The molecule has 0 aliphatic carbocycles. The molecule has 0 radical (unpaired) electrons. The molecule has 0 saturated carbocycles. The van der Waals surface area contributed by atoms with Crippen LogP contribution >= 0.6 is 0 Å². The number of para-hydroxylation sites is 2. The first-order valence-electron chi connectivity index (χ1n) is 11.1. The fourth-order valence-electron chi connectivity index (χ4n) is 3.64. The molecule has 2 atom stereocenters. The number of aromatic nitrogens is 2. The molecule has 9 nitrogen and oxygen atoms in total. The van der Waals surface area contributed by atoms with Crippen molar-refractivity contribution in [3.8, 4) is 11.5 Å². The van der Waals surface area contributed by atoms with Crippen molar-refractivity contribution < 1.29 is 14.3 Å². The van der Waals surface area contributed by atoms with Crippen LogP contribution in [-0.2, 0) is 11.3 Å². The first-order valence-corrected chi connectivity index (χ1v) is 11.1. The van der Waals surface area contributed by atoms with Crippen molar-refractivity contribution in [2.24, 2.45) is 5.92 Å². The van der Waals surface area contributed by atoms with Gasteiger partial charge in [0.1, 0.15) is 11.9 Å². The molecule has 2 unspecified atom stereocenters. The minimum atomic E-state index is -0.966. The molecule has 9 heteroatoms. The van der Waals surface area contributed by atoms with E-state index in [4.69, 9.17) is 15.2 Å². The summed E-state index contributed by atoms with van der Waals surface area (Å²) in [7, 11) is 0. The molecule has 1 aromatic heterocycles. The summed E-state index contributed by atoms with van der Waals surface area (Å²) in [5.74, 6) is 0.837. The molecule has 0 bridgehead atoms. The number of carbonyl (C=O) groups excluding carboxylic acids is 1. The fourth-order valence-corrected chi connectivity index (χ4v) is 3.64. The first kappa shape index (κ1) is 23.4. The van der Waals surface area contributed by atoms with Crippen LogP contribution in [0.4, 0.5) is 11.5 Å². The highest BCUT2D eigenvalue weighted by Gasteiger charge is 2.39. The van der Waals surface area contributed by atoms with E-state index in [2.05, 4.69) is 4.98 Å². The number of ether oxygens (including phenoxy) is 2. The zero-order valence-electron chi connectivity index (χ0n) is 19.1. The Morgan fingerprint density at radius 2 is 1.88 bits per heavy atom. The maximum Gasteiger partial charge on any atom is 0.330 e. The van der Waals surface area contributed by atoms with E-state index in [0.29, 0.717) is 30.9 Å². The number of nitrogens with zero attached hydrogens (tertiary/aromatic N) is 2. The fraction of sp³-hybridized carbons (Fsp3) is 0.522. The summed E-state index contributed by atoms with van der Waals surface area (Å²) >= 11 is 0. The lowest BCUT2D eigenvalue weighted by atomic mass is 10.1. The Bertz CT molecular complexity index is 1070. The number of hydrogen-bond donors (Lipinski definition) is 2. The van der Waals surface area contributed by atoms with E-state index in [9.17, 15) is 14.4 Å². The van der Waals surface area contributed by atoms with Crippen molar-refractivity contribution in [3.63, 3.8) is 0 Å². The number of nitrogens with one attached hydrogen (secondary N) is 1. The van der Waals surface area contributed by atoms with Gasteiger partial charge < -0.3 is 20.1 Å². The average Bonchev–Trinajstić information content (AvgIpc) is 2.74. The van der Waals surface area contributed by atoms with E-state index in [0.717, 1.165) is 6.42 Å². The molecule has 1 aliphatic heterocycles. The predicted octanol–water partition coefficient (Wildman–Crippen LogP) is 2.53. The van der Waals surface area contributed by atoms with Gasteiger partial charge in [-0.05, 0) is 37.8 Å². The van der Waals surface area contributed by atoms with Crippen LogP contribution in [0.2, 0.25) is 0 Å². The number of nitrogens with two attached hydrogens (primary N) is 1. The molecule has 32 heavy (non-hydrogen) atoms. The third-order valence-electron chi connectivity index (χ3n) is 5.50. The van der Waals surface area contributed by atoms with Crippen molar-refractivity contribution in [3.05, 3.63) is 45.1 Å². The summed E-state index contributed by atoms with van der Waals surface area (Å²) < 4.78 is 13.2. The van der Waals surface area contributed by atoms with Crippen LogP contribution in [0.15, 0.2) is 33.9 Å². The number of carbonyl (C=O) groups is 1. The average molecular weight is 445 g/mol. The van der Waals surface area contributed by atoms with Crippen LogP contribution in [0.5, 0.6) is 11.5 Å². The minimum absolute atomic E-state index is 0.0194. The van der Waals surface area contributed by atoms with Crippen LogP contribution in [0, 0.1) is 5.92 Å². The molecule has 3 N–H and O–H groups in total. The summed E-state index contributed by atoms with van der Waals surface area (Å²) in [5, 5.41) is 0. The topological polar surface area (TPSA) is 120 Å². The predicted molar refractivity (Wildman–Crippen MR) is 123 cm³/mol. The van der Waals surface area contributed by atoms with Gasteiger partial charge >= 0.3 is 5.69 Å². The van der Waals surface area contributed by atoms with E-state index in [1.54, 1.807) is 25.1 Å². The normalized spacial score (nSPS) is 17.4. The van der Waals surface area contributed by atoms with E-state index < -0.39 is 29.4 Å². The first-order chi connectivity index (χ1) is 15.2. The number of benzene rings is 1. The summed E-state index contributed by atoms with van der Waals surface area (Å²) in [6.07, 6.45) is 0.651. The molecule has 1 aliphatic rings. The van der Waals surface area contributed by atoms with Crippen molar-refractivity contribution in [1.29, 1.82) is 0 Å². The molecule has 0 spiro atoms. The maximum absolute atomic E-state index is 13.7. The summed E-state index contributed by atoms with van der Waals surface area (Å²) in [6.45, 7) is 8.39. The number of anilines is 2. The Hall–Kier alpha value is -3.23. The SMILES string of the molecule is CCCCn1c(N)c(N(CCC(C)C)C(=O)C2Oc3ccccc3OC2C)c(=O)[nH]c1=O. The third kappa shape index (κ3) is 4.81. The number of H-pyrrole nitrogens is 1. The van der Waals surface area contributed by atoms with Gasteiger partial charge in [-0.2, -0.15) is 0 Å². The lowest BCUT2D eigenvalue weighted by molar-refractivity contribution is -0.130. The molecular weight excluding hydrogens is 412 g/mol. The Morgan fingerprint density at radius 3 is 2.50 bits per heavy atom. The lowest BCUT2D eigenvalue weighted by Gasteiger charge is -2.35.